The molecule has 1 nitrogen and oxygen atoms in total. The summed E-state index contributed by atoms with van der Waals surface area (Å²) in [5, 5.41) is 0.732. The van der Waals surface area contributed by atoms with Gasteiger partial charge in [0.15, 0.2) is 0 Å². The van der Waals surface area contributed by atoms with E-state index in [2.05, 4.69) is 36.0 Å². The van der Waals surface area contributed by atoms with Crippen molar-refractivity contribution in [3.63, 3.8) is 0 Å². The molecule has 0 amide bonds. The maximum Gasteiger partial charge on any atom is 0.0297 e. The summed E-state index contributed by atoms with van der Waals surface area (Å²) in [4.78, 5) is 0. The first-order valence-corrected chi connectivity index (χ1v) is 6.35. The summed E-state index contributed by atoms with van der Waals surface area (Å²) in [5.74, 6) is 1.32. The molecule has 1 aromatic carbocycles. The second-order valence-electron chi connectivity index (χ2n) is 3.80. The normalized spacial score (nSPS) is 22.2. The van der Waals surface area contributed by atoms with Crippen molar-refractivity contribution in [1.82, 2.24) is 0 Å². The van der Waals surface area contributed by atoms with Crippen molar-refractivity contribution in [3.8, 4) is 0 Å². The molecule has 1 unspecified atom stereocenters. The molecule has 1 fully saturated rings. The first-order chi connectivity index (χ1) is 6.90. The lowest BCUT2D eigenvalue weighted by Gasteiger charge is -2.21. The molecule has 2 N–H and O–H groups in total. The molecule has 76 valence electrons. The van der Waals surface area contributed by atoms with E-state index in [4.69, 9.17) is 5.73 Å². The van der Waals surface area contributed by atoms with E-state index in [0.717, 1.165) is 5.25 Å². The van der Waals surface area contributed by atoms with Crippen LogP contribution in [0.15, 0.2) is 24.3 Å². The maximum atomic E-state index is 5.57. The van der Waals surface area contributed by atoms with Gasteiger partial charge in [-0.05, 0) is 29.7 Å². The molecular weight excluding hydrogens is 190 g/mol. The minimum absolute atomic E-state index is 0.651. The van der Waals surface area contributed by atoms with Crippen LogP contribution in [0, 0.1) is 0 Å². The molecule has 14 heavy (non-hydrogen) atoms. The Balaban J connectivity index is 2.07. The predicted molar refractivity (Wildman–Crippen MR) is 63.4 cm³/mol. The summed E-state index contributed by atoms with van der Waals surface area (Å²) in [7, 11) is 0. The molecule has 0 spiro atoms. The average Bonchev–Trinajstić information content (AvgIpc) is 2.30. The summed E-state index contributed by atoms with van der Waals surface area (Å²) >= 11 is 2.10. The van der Waals surface area contributed by atoms with Gasteiger partial charge in [-0.3, -0.25) is 0 Å². The highest BCUT2D eigenvalue weighted by Crippen LogP contribution is 2.38. The third kappa shape index (κ3) is 2.31. The van der Waals surface area contributed by atoms with Gasteiger partial charge in [0.25, 0.3) is 0 Å². The molecule has 0 aliphatic carbocycles. The monoisotopic (exact) mass is 207 g/mol. The maximum absolute atomic E-state index is 5.57. The molecule has 1 heterocycles. The molecule has 1 aliphatic heterocycles. The predicted octanol–water partition coefficient (Wildman–Crippen LogP) is 3.10. The Kier molecular flexibility index (Phi) is 3.49. The van der Waals surface area contributed by atoms with Gasteiger partial charge in [-0.25, -0.2) is 0 Å². The summed E-state index contributed by atoms with van der Waals surface area (Å²) in [6.45, 7) is 0.651. The second-order valence-corrected chi connectivity index (χ2v) is 5.11. The van der Waals surface area contributed by atoms with Crippen LogP contribution in [0.1, 0.15) is 35.6 Å². The quantitative estimate of drug-likeness (QED) is 0.806. The molecule has 1 atom stereocenters. The van der Waals surface area contributed by atoms with Crippen molar-refractivity contribution in [2.45, 2.75) is 31.1 Å². The minimum Gasteiger partial charge on any atom is -0.326 e. The summed E-state index contributed by atoms with van der Waals surface area (Å²) in [6.07, 6.45) is 4.12. The number of hydrogen-bond donors (Lipinski definition) is 1. The Bertz CT molecular complexity index is 275. The zero-order valence-corrected chi connectivity index (χ0v) is 9.22. The molecule has 1 aromatic rings. The SMILES string of the molecule is NCc1ccc(C2CCCCS2)cc1. The van der Waals surface area contributed by atoms with Crippen molar-refractivity contribution < 1.29 is 0 Å². The largest absolute Gasteiger partial charge is 0.326 e. The van der Waals surface area contributed by atoms with Crippen LogP contribution in [0.5, 0.6) is 0 Å². The van der Waals surface area contributed by atoms with Crippen LogP contribution in [0.3, 0.4) is 0 Å². The van der Waals surface area contributed by atoms with Crippen molar-refractivity contribution in [3.05, 3.63) is 35.4 Å². The zero-order chi connectivity index (χ0) is 9.80. The van der Waals surface area contributed by atoms with Crippen LogP contribution in [0.25, 0.3) is 0 Å². The Morgan fingerprint density at radius 2 is 2.00 bits per heavy atom. The third-order valence-corrected chi connectivity index (χ3v) is 4.20. The Morgan fingerprint density at radius 3 is 2.57 bits per heavy atom. The first kappa shape index (κ1) is 10.1. The lowest BCUT2D eigenvalue weighted by Crippen LogP contribution is -2.02. The average molecular weight is 207 g/mol. The number of thioether (sulfide) groups is 1. The third-order valence-electron chi connectivity index (χ3n) is 2.77. The zero-order valence-electron chi connectivity index (χ0n) is 8.41. The Morgan fingerprint density at radius 1 is 1.21 bits per heavy atom. The first-order valence-electron chi connectivity index (χ1n) is 5.30. The Labute approximate surface area is 90.1 Å². The number of rotatable bonds is 2. The summed E-state index contributed by atoms with van der Waals surface area (Å²) in [5.41, 5.74) is 8.28. The standard InChI is InChI=1S/C12H17NS/c13-9-10-4-6-11(7-5-10)12-3-1-2-8-14-12/h4-7,12H,1-3,8-9,13H2. The highest BCUT2D eigenvalue weighted by Gasteiger charge is 2.15. The van der Waals surface area contributed by atoms with Crippen molar-refractivity contribution >= 4 is 11.8 Å². The molecule has 0 aromatic heterocycles. The fourth-order valence-electron chi connectivity index (χ4n) is 1.87. The number of hydrogen-bond acceptors (Lipinski definition) is 2. The molecular formula is C12H17NS. The highest BCUT2D eigenvalue weighted by atomic mass is 32.2. The van der Waals surface area contributed by atoms with E-state index in [1.807, 2.05) is 0 Å². The molecule has 1 saturated heterocycles. The second kappa shape index (κ2) is 4.85. The van der Waals surface area contributed by atoms with Gasteiger partial charge in [0.1, 0.15) is 0 Å². The van der Waals surface area contributed by atoms with E-state index in [-0.39, 0.29) is 0 Å². The fourth-order valence-corrected chi connectivity index (χ4v) is 3.21. The van der Waals surface area contributed by atoms with Crippen LogP contribution in [-0.2, 0) is 6.54 Å². The molecule has 2 heteroatoms. The van der Waals surface area contributed by atoms with Crippen molar-refractivity contribution in [2.24, 2.45) is 5.73 Å². The highest BCUT2D eigenvalue weighted by molar-refractivity contribution is 7.99. The molecule has 0 saturated carbocycles. The summed E-state index contributed by atoms with van der Waals surface area (Å²) < 4.78 is 0. The minimum atomic E-state index is 0.651. The number of benzene rings is 1. The number of nitrogens with two attached hydrogens (primary N) is 1. The lowest BCUT2D eigenvalue weighted by atomic mass is 10.0. The van der Waals surface area contributed by atoms with Crippen LogP contribution in [0.2, 0.25) is 0 Å². The molecule has 1 aliphatic rings. The van der Waals surface area contributed by atoms with Gasteiger partial charge in [0.05, 0.1) is 0 Å². The van der Waals surface area contributed by atoms with Gasteiger partial charge in [-0.2, -0.15) is 11.8 Å². The van der Waals surface area contributed by atoms with Crippen LogP contribution in [0.4, 0.5) is 0 Å². The van der Waals surface area contributed by atoms with Gasteiger partial charge in [0.2, 0.25) is 0 Å². The fraction of sp³-hybridized carbons (Fsp3) is 0.500. The molecule has 0 bridgehead atoms. The lowest BCUT2D eigenvalue weighted by molar-refractivity contribution is 0.686. The van der Waals surface area contributed by atoms with Gasteiger partial charge >= 0.3 is 0 Å². The van der Waals surface area contributed by atoms with Gasteiger partial charge in [-0.15, -0.1) is 0 Å². The Hall–Kier alpha value is -0.470. The van der Waals surface area contributed by atoms with Gasteiger partial charge in [-0.1, -0.05) is 30.7 Å². The topological polar surface area (TPSA) is 26.0 Å². The van der Waals surface area contributed by atoms with Crippen LogP contribution in [-0.4, -0.2) is 5.75 Å². The smallest absolute Gasteiger partial charge is 0.0297 e. The van der Waals surface area contributed by atoms with E-state index in [1.54, 1.807) is 0 Å². The van der Waals surface area contributed by atoms with Crippen molar-refractivity contribution in [2.75, 3.05) is 5.75 Å². The van der Waals surface area contributed by atoms with E-state index < -0.39 is 0 Å². The van der Waals surface area contributed by atoms with E-state index in [1.165, 1.54) is 36.1 Å². The van der Waals surface area contributed by atoms with E-state index in [9.17, 15) is 0 Å². The molecule has 2 rings (SSSR count). The van der Waals surface area contributed by atoms with E-state index in [0.29, 0.717) is 6.54 Å². The summed E-state index contributed by atoms with van der Waals surface area (Å²) in [6, 6.07) is 8.80. The van der Waals surface area contributed by atoms with Crippen LogP contribution >= 0.6 is 11.8 Å². The van der Waals surface area contributed by atoms with Gasteiger partial charge in [0, 0.05) is 11.8 Å². The van der Waals surface area contributed by atoms with Crippen molar-refractivity contribution in [1.29, 1.82) is 0 Å². The van der Waals surface area contributed by atoms with Gasteiger partial charge < -0.3 is 5.73 Å². The van der Waals surface area contributed by atoms with E-state index >= 15 is 0 Å². The molecule has 0 radical (unpaired) electrons. The van der Waals surface area contributed by atoms with Crippen LogP contribution < -0.4 is 5.73 Å².